The molecule has 0 bridgehead atoms. The van der Waals surface area contributed by atoms with Crippen LogP contribution in [0, 0.1) is 10.1 Å². The lowest BCUT2D eigenvalue weighted by molar-refractivity contribution is -0.384. The predicted molar refractivity (Wildman–Crippen MR) is 117 cm³/mol. The van der Waals surface area contributed by atoms with Crippen LogP contribution in [0.5, 0.6) is 0 Å². The van der Waals surface area contributed by atoms with Gasteiger partial charge in [-0.1, -0.05) is 23.9 Å². The number of nitrogens with zero attached hydrogens (tertiary/aromatic N) is 4. The summed E-state index contributed by atoms with van der Waals surface area (Å²) in [6.07, 6.45) is 1.52. The minimum Gasteiger partial charge on any atom is -0.477 e. The number of H-pyrrole nitrogens is 1. The molecular weight excluding hydrogens is 474 g/mol. The highest BCUT2D eigenvalue weighted by molar-refractivity contribution is 8.01. The number of β-lactam (4-membered cyclic amide) rings is 1. The van der Waals surface area contributed by atoms with Gasteiger partial charge < -0.3 is 15.7 Å². The number of hydrogen-bond acceptors (Lipinski definition) is 9. The van der Waals surface area contributed by atoms with Crippen molar-refractivity contribution in [3.8, 4) is 0 Å². The zero-order valence-corrected chi connectivity index (χ0v) is 18.4. The Bertz CT molecular complexity index is 1120. The number of carbonyl (C=O) groups excluding carboxylic acids is 2. The van der Waals surface area contributed by atoms with Crippen LogP contribution in [0.15, 0.2) is 46.8 Å². The fourth-order valence-corrected chi connectivity index (χ4v) is 5.59. The van der Waals surface area contributed by atoms with Gasteiger partial charge in [-0.25, -0.2) is 9.59 Å². The number of amides is 3. The van der Waals surface area contributed by atoms with E-state index in [0.717, 1.165) is 0 Å². The molecule has 0 radical (unpaired) electrons. The van der Waals surface area contributed by atoms with Gasteiger partial charge in [0.25, 0.3) is 11.6 Å². The van der Waals surface area contributed by atoms with Crippen molar-refractivity contribution in [2.75, 3.05) is 11.5 Å². The Balaban J connectivity index is 1.35. The summed E-state index contributed by atoms with van der Waals surface area (Å²) in [7, 11) is 0. The van der Waals surface area contributed by atoms with Crippen LogP contribution in [-0.4, -0.2) is 71.2 Å². The average Bonchev–Trinajstić information content (AvgIpc) is 3.33. The number of benzene rings is 1. The van der Waals surface area contributed by atoms with E-state index in [2.05, 4.69) is 26.0 Å². The summed E-state index contributed by atoms with van der Waals surface area (Å²) >= 11 is 2.68. The number of rotatable bonds is 8. The van der Waals surface area contributed by atoms with Crippen molar-refractivity contribution in [2.24, 2.45) is 0 Å². The monoisotopic (exact) mass is 491 g/mol. The van der Waals surface area contributed by atoms with Crippen LogP contribution in [0.25, 0.3) is 0 Å². The second-order valence-electron chi connectivity index (χ2n) is 6.99. The Hall–Kier alpha value is -3.59. The first kappa shape index (κ1) is 22.6. The first-order valence-corrected chi connectivity index (χ1v) is 11.5. The summed E-state index contributed by atoms with van der Waals surface area (Å²) in [5, 5.41) is 35.8. The largest absolute Gasteiger partial charge is 0.477 e. The number of hydrogen-bond donors (Lipinski definition) is 4. The third kappa shape index (κ3) is 4.78. The minimum atomic E-state index is -1.20. The Kier molecular flexibility index (Phi) is 6.50. The van der Waals surface area contributed by atoms with Gasteiger partial charge in [-0.15, -0.1) is 16.9 Å². The molecule has 2 aliphatic rings. The van der Waals surface area contributed by atoms with Gasteiger partial charge >= 0.3 is 12.0 Å². The standard InChI is InChI=1S/C18H17N7O6S2/c26-15-13(21-18(29)19-5-9-1-3-11(4-2-9)25(30)31)16-24(15)14(17(27)28)10(8-33-16)7-32-12-6-20-23-22-12/h1-4,6,13,16H,5,7-8H2,(H,27,28)(H2,19,21,29)(H,20,22,23)/t13?,16-/m0/s1. The second kappa shape index (κ2) is 9.50. The lowest BCUT2D eigenvalue weighted by atomic mass is 10.0. The van der Waals surface area contributed by atoms with E-state index in [-0.39, 0.29) is 17.9 Å². The molecule has 2 aromatic rings. The SMILES string of the molecule is O=C(NCc1ccc([N+](=O)[O-])cc1)NC1C(=O)N2C(C(=O)O)=C(CSc3cn[nH]n3)CS[C@@H]12. The van der Waals surface area contributed by atoms with Crippen molar-refractivity contribution in [2.45, 2.75) is 23.0 Å². The summed E-state index contributed by atoms with van der Waals surface area (Å²) in [6, 6.07) is 4.26. The Morgan fingerprint density at radius 3 is 2.76 bits per heavy atom. The maximum absolute atomic E-state index is 12.7. The maximum atomic E-state index is 12.7. The third-order valence-corrected chi connectivity index (χ3v) is 7.25. The molecule has 13 nitrogen and oxygen atoms in total. The molecule has 172 valence electrons. The molecule has 3 amide bonds. The van der Waals surface area contributed by atoms with Crippen LogP contribution in [-0.2, 0) is 16.1 Å². The zero-order chi connectivity index (χ0) is 23.5. The quantitative estimate of drug-likeness (QED) is 0.179. The number of aromatic amines is 1. The van der Waals surface area contributed by atoms with Crippen molar-refractivity contribution in [1.82, 2.24) is 30.9 Å². The van der Waals surface area contributed by atoms with Gasteiger partial charge in [-0.3, -0.25) is 19.8 Å². The van der Waals surface area contributed by atoms with Gasteiger partial charge in [0, 0.05) is 30.2 Å². The van der Waals surface area contributed by atoms with Gasteiger partial charge in [-0.2, -0.15) is 10.3 Å². The highest BCUT2D eigenvalue weighted by atomic mass is 32.2. The summed E-state index contributed by atoms with van der Waals surface area (Å²) in [5.74, 6) is -0.973. The molecule has 3 heterocycles. The van der Waals surface area contributed by atoms with E-state index in [1.165, 1.54) is 58.9 Å². The van der Waals surface area contributed by atoms with Crippen molar-refractivity contribution < 1.29 is 24.4 Å². The molecule has 33 heavy (non-hydrogen) atoms. The fourth-order valence-electron chi connectivity index (χ4n) is 3.33. The van der Waals surface area contributed by atoms with Crippen molar-refractivity contribution in [3.63, 3.8) is 0 Å². The number of aromatic nitrogens is 3. The van der Waals surface area contributed by atoms with Crippen LogP contribution in [0.3, 0.4) is 0 Å². The van der Waals surface area contributed by atoms with Crippen LogP contribution in [0.1, 0.15) is 5.56 Å². The normalized spacial score (nSPS) is 19.5. The van der Waals surface area contributed by atoms with Crippen LogP contribution >= 0.6 is 23.5 Å². The number of carboxylic acids is 1. The molecule has 2 aliphatic heterocycles. The Morgan fingerprint density at radius 1 is 1.36 bits per heavy atom. The average molecular weight is 492 g/mol. The Morgan fingerprint density at radius 2 is 2.12 bits per heavy atom. The van der Waals surface area contributed by atoms with E-state index in [9.17, 15) is 29.6 Å². The summed E-state index contributed by atoms with van der Waals surface area (Å²) < 4.78 is 0. The van der Waals surface area contributed by atoms with E-state index in [1.54, 1.807) is 0 Å². The second-order valence-corrected chi connectivity index (χ2v) is 9.09. The molecule has 1 saturated heterocycles. The van der Waals surface area contributed by atoms with Gasteiger partial charge in [0.15, 0.2) is 0 Å². The number of aliphatic carboxylic acids is 1. The highest BCUT2D eigenvalue weighted by Crippen LogP contribution is 2.41. The number of nitrogens with one attached hydrogen (secondary N) is 3. The number of urea groups is 1. The van der Waals surface area contributed by atoms with E-state index in [1.807, 2.05) is 0 Å². The predicted octanol–water partition coefficient (Wildman–Crippen LogP) is 0.927. The van der Waals surface area contributed by atoms with E-state index in [0.29, 0.717) is 27.7 Å². The van der Waals surface area contributed by atoms with E-state index in [4.69, 9.17) is 0 Å². The third-order valence-electron chi connectivity index (χ3n) is 4.92. The molecule has 1 aromatic heterocycles. The lowest BCUT2D eigenvalue weighted by Crippen LogP contribution is -2.71. The Labute approximate surface area is 194 Å². The zero-order valence-electron chi connectivity index (χ0n) is 16.8. The smallest absolute Gasteiger partial charge is 0.352 e. The molecular formula is C18H17N7O6S2. The highest BCUT2D eigenvalue weighted by Gasteiger charge is 2.54. The fraction of sp³-hybridized carbons (Fsp3) is 0.278. The number of carboxylic acid groups (broad SMARTS) is 1. The number of fused-ring (bicyclic) bond motifs is 1. The molecule has 1 fully saturated rings. The van der Waals surface area contributed by atoms with Gasteiger partial charge in [0.1, 0.15) is 22.1 Å². The van der Waals surface area contributed by atoms with Crippen LogP contribution in [0.2, 0.25) is 0 Å². The number of thioether (sulfide) groups is 2. The molecule has 0 spiro atoms. The number of non-ortho nitro benzene ring substituents is 1. The molecule has 1 unspecified atom stereocenters. The molecule has 4 N–H and O–H groups in total. The topological polar surface area (TPSA) is 183 Å². The first-order chi connectivity index (χ1) is 15.8. The van der Waals surface area contributed by atoms with Crippen LogP contribution in [0.4, 0.5) is 10.5 Å². The van der Waals surface area contributed by atoms with Gasteiger partial charge in [0.2, 0.25) is 0 Å². The summed E-state index contributed by atoms with van der Waals surface area (Å²) in [6.45, 7) is 0.107. The van der Waals surface area contributed by atoms with Crippen LogP contribution < -0.4 is 10.6 Å². The van der Waals surface area contributed by atoms with Crippen molar-refractivity contribution >= 4 is 47.1 Å². The van der Waals surface area contributed by atoms with Crippen molar-refractivity contribution in [1.29, 1.82) is 0 Å². The summed E-state index contributed by atoms with van der Waals surface area (Å²) in [4.78, 5) is 48.2. The molecule has 0 saturated carbocycles. The number of nitro benzene ring substituents is 1. The molecule has 4 rings (SSSR count). The van der Waals surface area contributed by atoms with E-state index >= 15 is 0 Å². The minimum absolute atomic E-state index is 0.0567. The van der Waals surface area contributed by atoms with E-state index < -0.39 is 34.2 Å². The first-order valence-electron chi connectivity index (χ1n) is 9.51. The summed E-state index contributed by atoms with van der Waals surface area (Å²) in [5.41, 5.74) is 1.11. The molecule has 1 aromatic carbocycles. The van der Waals surface area contributed by atoms with Gasteiger partial charge in [-0.05, 0) is 11.1 Å². The van der Waals surface area contributed by atoms with Gasteiger partial charge in [0.05, 0.1) is 11.1 Å². The number of carbonyl (C=O) groups is 3. The van der Waals surface area contributed by atoms with Crippen molar-refractivity contribution in [3.05, 3.63) is 57.4 Å². The maximum Gasteiger partial charge on any atom is 0.352 e. The molecule has 15 heteroatoms. The number of nitro groups is 1. The molecule has 2 atom stereocenters. The molecule has 0 aliphatic carbocycles. The lowest BCUT2D eigenvalue weighted by Gasteiger charge is -2.49.